The molecule has 2 saturated heterocycles. The maximum atomic E-state index is 6.17. The zero-order valence-electron chi connectivity index (χ0n) is 12.9. The monoisotopic (exact) mass is 312 g/mol. The van der Waals surface area contributed by atoms with E-state index >= 15 is 0 Å². The second-order valence-electron chi connectivity index (χ2n) is 6.17. The molecule has 0 bridgehead atoms. The van der Waals surface area contributed by atoms with Crippen molar-refractivity contribution < 1.29 is 4.74 Å². The Morgan fingerprint density at radius 1 is 1.09 bits per heavy atom. The Labute approximate surface area is 135 Å². The van der Waals surface area contributed by atoms with E-state index in [1.165, 1.54) is 0 Å². The molecule has 1 spiro atoms. The number of aromatic nitrogens is 4. The highest BCUT2D eigenvalue weighted by atomic mass is 16.5. The third-order valence-electron chi connectivity index (χ3n) is 4.63. The summed E-state index contributed by atoms with van der Waals surface area (Å²) < 4.78 is 6.17. The van der Waals surface area contributed by atoms with E-state index < -0.39 is 0 Å². The Bertz CT molecular complexity index is 630. The van der Waals surface area contributed by atoms with E-state index in [1.807, 2.05) is 6.07 Å². The smallest absolute Gasteiger partial charge is 0.225 e. The second-order valence-corrected chi connectivity index (χ2v) is 6.17. The predicted molar refractivity (Wildman–Crippen MR) is 86.2 cm³/mol. The van der Waals surface area contributed by atoms with Gasteiger partial charge in [0.15, 0.2) is 0 Å². The molecule has 0 aliphatic carbocycles. The van der Waals surface area contributed by atoms with E-state index in [0.717, 1.165) is 50.7 Å². The lowest BCUT2D eigenvalue weighted by Gasteiger charge is -2.38. The van der Waals surface area contributed by atoms with Crippen LogP contribution >= 0.6 is 0 Å². The summed E-state index contributed by atoms with van der Waals surface area (Å²) in [5.74, 6) is 1.63. The summed E-state index contributed by atoms with van der Waals surface area (Å²) in [6.45, 7) is 2.59. The summed E-state index contributed by atoms with van der Waals surface area (Å²) in [5, 5.41) is 3.42. The van der Waals surface area contributed by atoms with Crippen molar-refractivity contribution in [3.05, 3.63) is 37.1 Å². The molecule has 7 nitrogen and oxygen atoms in total. The van der Waals surface area contributed by atoms with Crippen molar-refractivity contribution in [3.8, 4) is 0 Å². The van der Waals surface area contributed by atoms with Gasteiger partial charge in [-0.1, -0.05) is 0 Å². The van der Waals surface area contributed by atoms with Gasteiger partial charge < -0.3 is 15.0 Å². The quantitative estimate of drug-likeness (QED) is 0.920. The zero-order valence-corrected chi connectivity index (χ0v) is 12.9. The van der Waals surface area contributed by atoms with Gasteiger partial charge in [-0.15, -0.1) is 0 Å². The Kier molecular flexibility index (Phi) is 3.78. The summed E-state index contributed by atoms with van der Waals surface area (Å²) in [6.07, 6.45) is 11.7. The van der Waals surface area contributed by atoms with Crippen LogP contribution < -0.4 is 10.2 Å². The van der Waals surface area contributed by atoms with E-state index in [4.69, 9.17) is 4.74 Å². The first-order valence-corrected chi connectivity index (χ1v) is 8.02. The topological polar surface area (TPSA) is 76.1 Å². The highest BCUT2D eigenvalue weighted by Gasteiger charge is 2.43. The van der Waals surface area contributed by atoms with Gasteiger partial charge in [0.1, 0.15) is 5.82 Å². The van der Waals surface area contributed by atoms with Gasteiger partial charge >= 0.3 is 0 Å². The van der Waals surface area contributed by atoms with Crippen LogP contribution in [-0.2, 0) is 4.74 Å². The fourth-order valence-corrected chi connectivity index (χ4v) is 3.44. The van der Waals surface area contributed by atoms with Crippen molar-refractivity contribution in [2.24, 2.45) is 0 Å². The minimum absolute atomic E-state index is 0.0227. The molecule has 120 valence electrons. The number of nitrogens with zero attached hydrogens (tertiary/aromatic N) is 5. The van der Waals surface area contributed by atoms with Crippen LogP contribution in [-0.4, -0.2) is 51.3 Å². The molecular weight excluding hydrogens is 292 g/mol. The first kappa shape index (κ1) is 14.3. The molecule has 0 radical (unpaired) electrons. The second kappa shape index (κ2) is 6.08. The van der Waals surface area contributed by atoms with E-state index in [9.17, 15) is 0 Å². The number of rotatable bonds is 3. The van der Waals surface area contributed by atoms with Crippen molar-refractivity contribution in [1.29, 1.82) is 0 Å². The largest absolute Gasteiger partial charge is 0.373 e. The van der Waals surface area contributed by atoms with Crippen molar-refractivity contribution >= 4 is 11.8 Å². The SMILES string of the molecule is c1cnc(N2CCC3(CC2)C[C@H](Nc2cnccn2)CO3)nc1. The minimum atomic E-state index is -0.0227. The number of hydrogen-bond donors (Lipinski definition) is 1. The van der Waals surface area contributed by atoms with E-state index in [-0.39, 0.29) is 5.60 Å². The van der Waals surface area contributed by atoms with E-state index in [1.54, 1.807) is 31.0 Å². The van der Waals surface area contributed by atoms with Gasteiger partial charge in [-0.25, -0.2) is 15.0 Å². The normalized spacial score (nSPS) is 23.1. The van der Waals surface area contributed by atoms with Crippen molar-refractivity contribution in [1.82, 2.24) is 19.9 Å². The van der Waals surface area contributed by atoms with Gasteiger partial charge in [-0.05, 0) is 25.3 Å². The van der Waals surface area contributed by atoms with Gasteiger partial charge in [0.25, 0.3) is 0 Å². The zero-order chi connectivity index (χ0) is 15.5. The highest BCUT2D eigenvalue weighted by molar-refractivity contribution is 5.33. The first-order valence-electron chi connectivity index (χ1n) is 8.02. The Morgan fingerprint density at radius 2 is 1.91 bits per heavy atom. The van der Waals surface area contributed by atoms with Crippen LogP contribution in [0.15, 0.2) is 37.1 Å². The van der Waals surface area contributed by atoms with Crippen LogP contribution in [0.25, 0.3) is 0 Å². The first-order chi connectivity index (χ1) is 11.3. The molecule has 4 rings (SSSR count). The third-order valence-corrected chi connectivity index (χ3v) is 4.63. The Balaban J connectivity index is 1.35. The van der Waals surface area contributed by atoms with Gasteiger partial charge in [-0.2, -0.15) is 0 Å². The maximum absolute atomic E-state index is 6.17. The summed E-state index contributed by atoms with van der Waals surface area (Å²) in [4.78, 5) is 19.3. The number of piperidine rings is 1. The molecule has 0 saturated carbocycles. The number of hydrogen-bond acceptors (Lipinski definition) is 7. The maximum Gasteiger partial charge on any atom is 0.225 e. The lowest BCUT2D eigenvalue weighted by Crippen LogP contribution is -2.45. The molecule has 2 aliphatic heterocycles. The van der Waals surface area contributed by atoms with Crippen molar-refractivity contribution in [2.75, 3.05) is 29.9 Å². The van der Waals surface area contributed by atoms with Gasteiger partial charge in [0.05, 0.1) is 24.4 Å². The highest BCUT2D eigenvalue weighted by Crippen LogP contribution is 2.37. The van der Waals surface area contributed by atoms with Crippen LogP contribution in [0.2, 0.25) is 0 Å². The average Bonchev–Trinajstić information content (AvgIpc) is 2.99. The molecular formula is C16H20N6O. The lowest BCUT2D eigenvalue weighted by atomic mass is 9.87. The van der Waals surface area contributed by atoms with Crippen LogP contribution in [0.4, 0.5) is 11.8 Å². The lowest BCUT2D eigenvalue weighted by molar-refractivity contribution is -0.0149. The third kappa shape index (κ3) is 3.10. The standard InChI is InChI=1S/C16H20N6O/c1-4-19-15(20-5-1)22-8-2-16(3-9-22)10-13(12-23-16)21-14-11-17-6-7-18-14/h1,4-7,11,13H,2-3,8-10,12H2,(H,18,21)/t13-/m0/s1. The summed E-state index contributed by atoms with van der Waals surface area (Å²) >= 11 is 0. The summed E-state index contributed by atoms with van der Waals surface area (Å²) in [6, 6.07) is 2.14. The minimum Gasteiger partial charge on any atom is -0.373 e. The Morgan fingerprint density at radius 3 is 2.65 bits per heavy atom. The molecule has 23 heavy (non-hydrogen) atoms. The van der Waals surface area contributed by atoms with Gasteiger partial charge in [-0.3, -0.25) is 4.98 Å². The van der Waals surface area contributed by atoms with Crippen LogP contribution in [0.1, 0.15) is 19.3 Å². The Hall–Kier alpha value is -2.28. The number of ether oxygens (including phenoxy) is 1. The average molecular weight is 312 g/mol. The summed E-state index contributed by atoms with van der Waals surface area (Å²) in [5.41, 5.74) is -0.0227. The molecule has 0 unspecified atom stereocenters. The molecule has 2 aromatic heterocycles. The van der Waals surface area contributed by atoms with Crippen LogP contribution in [0.5, 0.6) is 0 Å². The van der Waals surface area contributed by atoms with E-state index in [0.29, 0.717) is 6.04 Å². The fraction of sp³-hybridized carbons (Fsp3) is 0.500. The number of anilines is 2. The van der Waals surface area contributed by atoms with Crippen LogP contribution in [0.3, 0.4) is 0 Å². The van der Waals surface area contributed by atoms with Gasteiger partial charge in [0.2, 0.25) is 5.95 Å². The molecule has 1 atom stereocenters. The van der Waals surface area contributed by atoms with Crippen molar-refractivity contribution in [2.45, 2.75) is 30.9 Å². The molecule has 2 aromatic rings. The summed E-state index contributed by atoms with van der Waals surface area (Å²) in [7, 11) is 0. The van der Waals surface area contributed by atoms with Crippen LogP contribution in [0, 0.1) is 0 Å². The fourth-order valence-electron chi connectivity index (χ4n) is 3.44. The molecule has 1 N–H and O–H groups in total. The molecule has 0 aromatic carbocycles. The number of nitrogens with one attached hydrogen (secondary N) is 1. The molecule has 2 fully saturated rings. The molecule has 2 aliphatic rings. The van der Waals surface area contributed by atoms with Crippen molar-refractivity contribution in [3.63, 3.8) is 0 Å². The van der Waals surface area contributed by atoms with E-state index in [2.05, 4.69) is 30.2 Å². The molecule has 0 amide bonds. The van der Waals surface area contributed by atoms with Gasteiger partial charge in [0, 0.05) is 37.9 Å². The predicted octanol–water partition coefficient (Wildman–Crippen LogP) is 1.51. The molecule has 7 heteroatoms. The molecule has 4 heterocycles.